The van der Waals surface area contributed by atoms with Crippen molar-refractivity contribution < 1.29 is 9.18 Å². The standard InChI is InChI=1S/C27H31ClFN5O/c1-15-13-34(14-16(2)33(15)4)24-10-8-20(17(3)25(24)29)27(35)31-19-7-9-22(28)21(11-19)26-30-12-23(32-26)18-5-6-18/h7-12,15-16,18H,5-6,13-14H2,1-4H3,(H,30,32)(H,31,35)/t15-,16+. The lowest BCUT2D eigenvalue weighted by Gasteiger charge is -2.43. The lowest BCUT2D eigenvalue weighted by Crippen LogP contribution is -2.55. The van der Waals surface area contributed by atoms with Crippen LogP contribution in [0.2, 0.25) is 5.02 Å². The van der Waals surface area contributed by atoms with Gasteiger partial charge in [0.1, 0.15) is 11.6 Å². The number of benzene rings is 2. The number of hydrogen-bond donors (Lipinski definition) is 2. The zero-order valence-corrected chi connectivity index (χ0v) is 21.3. The topological polar surface area (TPSA) is 64.3 Å². The van der Waals surface area contributed by atoms with Crippen LogP contribution in [0, 0.1) is 12.7 Å². The van der Waals surface area contributed by atoms with Gasteiger partial charge in [-0.05, 0) is 76.6 Å². The Bertz CT molecular complexity index is 1260. The molecule has 0 spiro atoms. The number of H-pyrrole nitrogens is 1. The van der Waals surface area contributed by atoms with E-state index >= 15 is 4.39 Å². The highest BCUT2D eigenvalue weighted by Crippen LogP contribution is 2.40. The number of aromatic nitrogens is 2. The largest absolute Gasteiger partial charge is 0.366 e. The number of imidazole rings is 1. The van der Waals surface area contributed by atoms with E-state index in [0.717, 1.165) is 18.8 Å². The van der Waals surface area contributed by atoms with Crippen LogP contribution in [0.15, 0.2) is 36.5 Å². The van der Waals surface area contributed by atoms with Gasteiger partial charge in [-0.25, -0.2) is 9.37 Å². The molecule has 0 bridgehead atoms. The number of piperazine rings is 1. The van der Waals surface area contributed by atoms with Crippen molar-refractivity contribution in [1.82, 2.24) is 14.9 Å². The van der Waals surface area contributed by atoms with Crippen LogP contribution in [0.3, 0.4) is 0 Å². The van der Waals surface area contributed by atoms with Crippen LogP contribution in [0.4, 0.5) is 15.8 Å². The molecule has 184 valence electrons. The zero-order chi connectivity index (χ0) is 24.9. The number of nitrogens with one attached hydrogen (secondary N) is 2. The quantitative estimate of drug-likeness (QED) is 0.467. The molecule has 2 aliphatic rings. The molecule has 1 aliphatic heterocycles. The second kappa shape index (κ2) is 9.28. The lowest BCUT2D eigenvalue weighted by atomic mass is 10.0. The number of amides is 1. The van der Waals surface area contributed by atoms with Gasteiger partial charge in [0.2, 0.25) is 0 Å². The molecule has 6 nitrogen and oxygen atoms in total. The fourth-order valence-electron chi connectivity index (χ4n) is 4.82. The average molecular weight is 496 g/mol. The molecule has 1 aliphatic carbocycles. The van der Waals surface area contributed by atoms with Crippen LogP contribution in [-0.4, -0.2) is 53.0 Å². The van der Waals surface area contributed by atoms with Crippen LogP contribution < -0.4 is 10.2 Å². The van der Waals surface area contributed by atoms with Gasteiger partial charge in [0.05, 0.1) is 10.7 Å². The summed E-state index contributed by atoms with van der Waals surface area (Å²) in [6, 6.07) is 9.33. The zero-order valence-electron chi connectivity index (χ0n) is 20.5. The third-order valence-electron chi connectivity index (χ3n) is 7.40. The summed E-state index contributed by atoms with van der Waals surface area (Å²) in [6.45, 7) is 7.43. The summed E-state index contributed by atoms with van der Waals surface area (Å²) in [7, 11) is 2.10. The summed E-state index contributed by atoms with van der Waals surface area (Å²) >= 11 is 6.43. The molecular weight excluding hydrogens is 465 g/mol. The SMILES string of the molecule is Cc1c(C(=O)Nc2ccc(Cl)c(-c3ncc(C4CC4)[nH]3)c2)ccc(N2C[C@@H](C)N(C)[C@@H](C)C2)c1F. The number of rotatable bonds is 5. The Labute approximate surface area is 210 Å². The number of carbonyl (C=O) groups excluding carboxylic acids is 1. The van der Waals surface area contributed by atoms with E-state index in [0.29, 0.717) is 56.9 Å². The summed E-state index contributed by atoms with van der Waals surface area (Å²) in [6.07, 6.45) is 4.20. The molecule has 2 heterocycles. The number of nitrogens with zero attached hydrogens (tertiary/aromatic N) is 3. The number of halogens is 2. The van der Waals surface area contributed by atoms with E-state index in [1.165, 1.54) is 12.8 Å². The summed E-state index contributed by atoms with van der Waals surface area (Å²) in [5.41, 5.74) is 3.60. The number of hydrogen-bond acceptors (Lipinski definition) is 4. The van der Waals surface area contributed by atoms with Crippen molar-refractivity contribution in [2.75, 3.05) is 30.4 Å². The van der Waals surface area contributed by atoms with Crippen molar-refractivity contribution in [2.45, 2.75) is 51.6 Å². The summed E-state index contributed by atoms with van der Waals surface area (Å²) in [5.74, 6) is 0.521. The Morgan fingerprint density at radius 3 is 2.57 bits per heavy atom. The highest BCUT2D eigenvalue weighted by molar-refractivity contribution is 6.33. The third kappa shape index (κ3) is 4.67. The number of likely N-dealkylation sites (N-methyl/N-ethyl adjacent to an activating group) is 1. The summed E-state index contributed by atoms with van der Waals surface area (Å²) in [5, 5.41) is 3.44. The van der Waals surface area contributed by atoms with Gasteiger partial charge >= 0.3 is 0 Å². The van der Waals surface area contributed by atoms with Crippen LogP contribution in [0.25, 0.3) is 11.4 Å². The minimum atomic E-state index is -0.362. The predicted molar refractivity (Wildman–Crippen MR) is 139 cm³/mol. The third-order valence-corrected chi connectivity index (χ3v) is 7.73. The van der Waals surface area contributed by atoms with Crippen LogP contribution in [0.1, 0.15) is 54.2 Å². The molecule has 3 aromatic rings. The van der Waals surface area contributed by atoms with Gasteiger partial charge in [-0.1, -0.05) is 11.6 Å². The number of anilines is 2. The molecule has 1 saturated heterocycles. The van der Waals surface area contributed by atoms with Gasteiger partial charge in [0.25, 0.3) is 5.91 Å². The van der Waals surface area contributed by atoms with E-state index in [1.807, 2.05) is 6.20 Å². The van der Waals surface area contributed by atoms with Crippen molar-refractivity contribution in [3.05, 3.63) is 64.2 Å². The monoisotopic (exact) mass is 495 g/mol. The van der Waals surface area contributed by atoms with Gasteiger partial charge < -0.3 is 15.2 Å². The van der Waals surface area contributed by atoms with Gasteiger partial charge in [-0.15, -0.1) is 0 Å². The van der Waals surface area contributed by atoms with Crippen molar-refractivity contribution >= 4 is 28.9 Å². The second-order valence-corrected chi connectivity index (χ2v) is 10.4. The molecular formula is C27H31ClFN5O. The van der Waals surface area contributed by atoms with Crippen molar-refractivity contribution in [2.24, 2.45) is 0 Å². The van der Waals surface area contributed by atoms with Crippen molar-refractivity contribution in [1.29, 1.82) is 0 Å². The average Bonchev–Trinajstić information content (AvgIpc) is 3.57. The Balaban J connectivity index is 1.36. The lowest BCUT2D eigenvalue weighted by molar-refractivity contribution is 0.102. The van der Waals surface area contributed by atoms with E-state index in [4.69, 9.17) is 11.6 Å². The van der Waals surface area contributed by atoms with E-state index in [1.54, 1.807) is 37.3 Å². The van der Waals surface area contributed by atoms with Gasteiger partial charge in [-0.3, -0.25) is 9.69 Å². The number of aromatic amines is 1. The molecule has 5 rings (SSSR count). The van der Waals surface area contributed by atoms with Gasteiger partial charge in [-0.2, -0.15) is 0 Å². The Kier molecular flexibility index (Phi) is 6.32. The molecule has 2 fully saturated rings. The molecule has 1 aromatic heterocycles. The maximum absolute atomic E-state index is 15.4. The molecule has 1 saturated carbocycles. The highest BCUT2D eigenvalue weighted by Gasteiger charge is 2.29. The van der Waals surface area contributed by atoms with Gasteiger partial charge in [0.15, 0.2) is 0 Å². The van der Waals surface area contributed by atoms with E-state index in [-0.39, 0.29) is 11.7 Å². The smallest absolute Gasteiger partial charge is 0.256 e. The molecule has 0 unspecified atom stereocenters. The fourth-order valence-corrected chi connectivity index (χ4v) is 5.03. The Hall–Kier alpha value is -2.90. The first-order valence-corrected chi connectivity index (χ1v) is 12.5. The molecule has 0 radical (unpaired) electrons. The van der Waals surface area contributed by atoms with Crippen LogP contribution in [-0.2, 0) is 0 Å². The van der Waals surface area contributed by atoms with E-state index < -0.39 is 0 Å². The van der Waals surface area contributed by atoms with Crippen molar-refractivity contribution in [3.63, 3.8) is 0 Å². The highest BCUT2D eigenvalue weighted by atomic mass is 35.5. The second-order valence-electron chi connectivity index (χ2n) is 9.95. The normalized spacial score (nSPS) is 20.8. The Morgan fingerprint density at radius 2 is 1.89 bits per heavy atom. The first-order valence-electron chi connectivity index (χ1n) is 12.1. The first kappa shape index (κ1) is 23.8. The fraction of sp³-hybridized carbons (Fsp3) is 0.407. The van der Waals surface area contributed by atoms with Gasteiger partial charge in [0, 0.05) is 59.8 Å². The van der Waals surface area contributed by atoms with E-state index in [9.17, 15) is 4.79 Å². The molecule has 35 heavy (non-hydrogen) atoms. The van der Waals surface area contributed by atoms with Crippen LogP contribution >= 0.6 is 11.6 Å². The summed E-state index contributed by atoms with van der Waals surface area (Å²) in [4.78, 5) is 25.3. The molecule has 8 heteroatoms. The molecule has 1 amide bonds. The van der Waals surface area contributed by atoms with Crippen molar-refractivity contribution in [3.8, 4) is 11.4 Å². The summed E-state index contributed by atoms with van der Waals surface area (Å²) < 4.78 is 15.4. The van der Waals surface area contributed by atoms with Crippen LogP contribution in [0.5, 0.6) is 0 Å². The first-order chi connectivity index (χ1) is 16.7. The van der Waals surface area contributed by atoms with E-state index in [2.05, 4.69) is 46.0 Å². The maximum Gasteiger partial charge on any atom is 0.256 e. The molecule has 2 N–H and O–H groups in total. The molecule has 2 atom stereocenters. The minimum absolute atomic E-state index is 0.312. The predicted octanol–water partition coefficient (Wildman–Crippen LogP) is 5.84. The number of carbonyl (C=O) groups is 1. The molecule has 2 aromatic carbocycles. The maximum atomic E-state index is 15.4. The minimum Gasteiger partial charge on any atom is -0.366 e. The Morgan fingerprint density at radius 1 is 1.17 bits per heavy atom.